The molecule has 7 heteroatoms. The lowest BCUT2D eigenvalue weighted by Gasteiger charge is -2.39. The van der Waals surface area contributed by atoms with E-state index in [2.05, 4.69) is 0 Å². The van der Waals surface area contributed by atoms with Gasteiger partial charge in [0, 0.05) is 31.2 Å². The third-order valence-electron chi connectivity index (χ3n) is 5.12. The lowest BCUT2D eigenvalue weighted by molar-refractivity contribution is -0.137. The molecule has 1 aliphatic heterocycles. The van der Waals surface area contributed by atoms with Gasteiger partial charge in [0.2, 0.25) is 5.91 Å². The first-order valence-electron chi connectivity index (χ1n) is 9.00. The number of benzene rings is 2. The topological polar surface area (TPSA) is 40.6 Å². The van der Waals surface area contributed by atoms with E-state index in [0.717, 1.165) is 11.6 Å². The number of piperazine rings is 1. The van der Waals surface area contributed by atoms with Crippen molar-refractivity contribution < 1.29 is 14.0 Å². The molecule has 0 radical (unpaired) electrons. The molecule has 2 aromatic carbocycles. The van der Waals surface area contributed by atoms with Crippen LogP contribution in [0.15, 0.2) is 42.5 Å². The normalized spacial score (nSPS) is 14.9. The monoisotopic (exact) mass is 422 g/mol. The van der Waals surface area contributed by atoms with Crippen LogP contribution in [0.4, 0.5) is 4.39 Å². The molecular formula is C21H21Cl2FN2O2. The predicted octanol–water partition coefficient (Wildman–Crippen LogP) is 4.39. The Kier molecular flexibility index (Phi) is 5.96. The van der Waals surface area contributed by atoms with Gasteiger partial charge in [-0.25, -0.2) is 4.39 Å². The van der Waals surface area contributed by atoms with E-state index in [1.807, 2.05) is 26.0 Å². The predicted molar refractivity (Wildman–Crippen MR) is 108 cm³/mol. The van der Waals surface area contributed by atoms with Gasteiger partial charge in [-0.2, -0.15) is 0 Å². The van der Waals surface area contributed by atoms with Gasteiger partial charge in [0.25, 0.3) is 5.91 Å². The zero-order valence-electron chi connectivity index (χ0n) is 15.7. The smallest absolute Gasteiger partial charge is 0.255 e. The van der Waals surface area contributed by atoms with Gasteiger partial charge in [0.1, 0.15) is 5.82 Å². The van der Waals surface area contributed by atoms with E-state index in [-0.39, 0.29) is 22.4 Å². The second kappa shape index (κ2) is 8.10. The Morgan fingerprint density at radius 1 is 0.929 bits per heavy atom. The number of amides is 2. The average molecular weight is 423 g/mol. The van der Waals surface area contributed by atoms with Crippen molar-refractivity contribution >= 4 is 35.0 Å². The summed E-state index contributed by atoms with van der Waals surface area (Å²) in [4.78, 5) is 29.1. The van der Waals surface area contributed by atoms with E-state index in [4.69, 9.17) is 23.2 Å². The molecule has 148 valence electrons. The highest BCUT2D eigenvalue weighted by Crippen LogP contribution is 2.28. The fraction of sp³-hybridized carbons (Fsp3) is 0.333. The van der Waals surface area contributed by atoms with Crippen LogP contribution in [-0.4, -0.2) is 47.8 Å². The molecule has 0 unspecified atom stereocenters. The number of nitrogens with zero attached hydrogens (tertiary/aromatic N) is 2. The third-order valence-corrected chi connectivity index (χ3v) is 5.68. The molecule has 3 rings (SSSR count). The number of rotatable bonds is 3. The summed E-state index contributed by atoms with van der Waals surface area (Å²) < 4.78 is 13.2. The first-order valence-corrected chi connectivity index (χ1v) is 9.75. The largest absolute Gasteiger partial charge is 0.338 e. The molecular weight excluding hydrogens is 402 g/mol. The van der Waals surface area contributed by atoms with Crippen molar-refractivity contribution in [2.75, 3.05) is 26.2 Å². The Balaban J connectivity index is 1.66. The molecule has 2 aromatic rings. The fourth-order valence-electron chi connectivity index (χ4n) is 3.33. The molecule has 2 amide bonds. The van der Waals surface area contributed by atoms with Crippen molar-refractivity contribution in [3.8, 4) is 0 Å². The Morgan fingerprint density at radius 2 is 1.50 bits per heavy atom. The molecule has 0 aromatic heterocycles. The van der Waals surface area contributed by atoms with Gasteiger partial charge in [-0.1, -0.05) is 35.3 Å². The van der Waals surface area contributed by atoms with Crippen LogP contribution in [0.2, 0.25) is 10.0 Å². The van der Waals surface area contributed by atoms with Crippen LogP contribution in [0.25, 0.3) is 0 Å². The Bertz CT molecular complexity index is 892. The van der Waals surface area contributed by atoms with Crippen LogP contribution in [0.5, 0.6) is 0 Å². The van der Waals surface area contributed by atoms with Crippen molar-refractivity contribution in [2.24, 2.45) is 0 Å². The molecule has 0 saturated carbocycles. The van der Waals surface area contributed by atoms with Crippen molar-refractivity contribution in [3.63, 3.8) is 0 Å². The van der Waals surface area contributed by atoms with Crippen LogP contribution in [-0.2, 0) is 10.2 Å². The molecule has 1 aliphatic rings. The SMILES string of the molecule is CC(C)(C(=O)N1CCN(C(=O)c2ccc(F)cc2Cl)CC1)c1ccc(Cl)cc1. The molecule has 1 heterocycles. The lowest BCUT2D eigenvalue weighted by atomic mass is 9.83. The van der Waals surface area contributed by atoms with Gasteiger partial charge in [0.05, 0.1) is 16.0 Å². The van der Waals surface area contributed by atoms with Crippen molar-refractivity contribution in [2.45, 2.75) is 19.3 Å². The van der Waals surface area contributed by atoms with Gasteiger partial charge in [-0.05, 0) is 49.7 Å². The summed E-state index contributed by atoms with van der Waals surface area (Å²) in [5, 5.41) is 0.714. The number of hydrogen-bond acceptors (Lipinski definition) is 2. The van der Waals surface area contributed by atoms with Gasteiger partial charge in [-0.15, -0.1) is 0 Å². The van der Waals surface area contributed by atoms with Gasteiger partial charge >= 0.3 is 0 Å². The van der Waals surface area contributed by atoms with E-state index in [0.29, 0.717) is 31.2 Å². The minimum atomic E-state index is -0.697. The first-order chi connectivity index (χ1) is 13.2. The second-order valence-electron chi connectivity index (χ2n) is 7.34. The third kappa shape index (κ3) is 4.15. The van der Waals surface area contributed by atoms with Crippen LogP contribution < -0.4 is 0 Å². The van der Waals surface area contributed by atoms with E-state index in [1.165, 1.54) is 12.1 Å². The van der Waals surface area contributed by atoms with Crippen molar-refractivity contribution in [1.82, 2.24) is 9.80 Å². The lowest BCUT2D eigenvalue weighted by Crippen LogP contribution is -2.54. The highest BCUT2D eigenvalue weighted by atomic mass is 35.5. The maximum atomic E-state index is 13.2. The molecule has 0 spiro atoms. The molecule has 28 heavy (non-hydrogen) atoms. The fourth-order valence-corrected chi connectivity index (χ4v) is 3.71. The van der Waals surface area contributed by atoms with Gasteiger partial charge in [0.15, 0.2) is 0 Å². The quantitative estimate of drug-likeness (QED) is 0.735. The Morgan fingerprint density at radius 3 is 2.07 bits per heavy atom. The molecule has 0 aliphatic carbocycles. The first kappa shape index (κ1) is 20.6. The standard InChI is InChI=1S/C21H21Cl2FN2O2/c1-21(2,14-3-5-15(22)6-4-14)20(28)26-11-9-25(10-12-26)19(27)17-8-7-16(24)13-18(17)23/h3-8,13H,9-12H2,1-2H3. The molecule has 0 atom stereocenters. The number of carbonyl (C=O) groups excluding carboxylic acids is 2. The molecule has 0 N–H and O–H groups in total. The summed E-state index contributed by atoms with van der Waals surface area (Å²) in [5.74, 6) is -0.739. The number of halogens is 3. The maximum Gasteiger partial charge on any atom is 0.255 e. The summed E-state index contributed by atoms with van der Waals surface area (Å²) in [6.45, 7) is 5.42. The minimum absolute atomic E-state index is 0.00161. The summed E-state index contributed by atoms with van der Waals surface area (Å²) in [6, 6.07) is 11.0. The molecule has 1 saturated heterocycles. The van der Waals surface area contributed by atoms with Gasteiger partial charge < -0.3 is 9.80 Å². The van der Waals surface area contributed by atoms with Crippen LogP contribution in [0.3, 0.4) is 0 Å². The summed E-state index contributed by atoms with van der Waals surface area (Å²) in [5.41, 5.74) is 0.458. The molecule has 1 fully saturated rings. The van der Waals surface area contributed by atoms with E-state index >= 15 is 0 Å². The summed E-state index contributed by atoms with van der Waals surface area (Å²) >= 11 is 11.9. The minimum Gasteiger partial charge on any atom is -0.338 e. The van der Waals surface area contributed by atoms with Crippen molar-refractivity contribution in [3.05, 3.63) is 69.5 Å². The Labute approximate surface area is 173 Å². The number of hydrogen-bond donors (Lipinski definition) is 0. The van der Waals surface area contributed by atoms with Crippen LogP contribution in [0.1, 0.15) is 29.8 Å². The highest BCUT2D eigenvalue weighted by Gasteiger charge is 2.36. The summed E-state index contributed by atoms with van der Waals surface area (Å²) in [7, 11) is 0. The highest BCUT2D eigenvalue weighted by molar-refractivity contribution is 6.33. The molecule has 0 bridgehead atoms. The van der Waals surface area contributed by atoms with E-state index in [9.17, 15) is 14.0 Å². The second-order valence-corrected chi connectivity index (χ2v) is 8.18. The molecule has 4 nitrogen and oxygen atoms in total. The van der Waals surface area contributed by atoms with Gasteiger partial charge in [-0.3, -0.25) is 9.59 Å². The zero-order chi connectivity index (χ0) is 20.5. The van der Waals surface area contributed by atoms with Crippen molar-refractivity contribution in [1.29, 1.82) is 0 Å². The number of carbonyl (C=O) groups is 2. The summed E-state index contributed by atoms with van der Waals surface area (Å²) in [6.07, 6.45) is 0. The van der Waals surface area contributed by atoms with E-state index < -0.39 is 11.2 Å². The Hall–Kier alpha value is -2.11. The zero-order valence-corrected chi connectivity index (χ0v) is 17.2. The van der Waals surface area contributed by atoms with Crippen LogP contribution in [0, 0.1) is 5.82 Å². The van der Waals surface area contributed by atoms with E-state index in [1.54, 1.807) is 21.9 Å². The average Bonchev–Trinajstić information content (AvgIpc) is 2.67. The van der Waals surface area contributed by atoms with Crippen LogP contribution >= 0.6 is 23.2 Å². The maximum absolute atomic E-state index is 13.2.